The molecule has 0 amide bonds. The fourth-order valence-electron chi connectivity index (χ4n) is 1.88. The van der Waals surface area contributed by atoms with E-state index in [0.717, 1.165) is 12.8 Å². The number of aliphatic hydroxyl groups is 1. The summed E-state index contributed by atoms with van der Waals surface area (Å²) in [7, 11) is 0. The smallest absolute Gasteiger partial charge is 0.257 e. The molecule has 2 unspecified atom stereocenters. The number of nitrogen functional groups attached to an aromatic ring is 1. The van der Waals surface area contributed by atoms with Gasteiger partial charge in [0.1, 0.15) is 0 Å². The van der Waals surface area contributed by atoms with Crippen molar-refractivity contribution in [2.24, 2.45) is 0 Å². The summed E-state index contributed by atoms with van der Waals surface area (Å²) in [6.45, 7) is 0.0941. The molecular weight excluding hydrogens is 196 g/mol. The van der Waals surface area contributed by atoms with Crippen LogP contribution in [0.3, 0.4) is 0 Å². The van der Waals surface area contributed by atoms with Crippen molar-refractivity contribution in [2.75, 3.05) is 12.3 Å². The maximum atomic E-state index is 11.5. The van der Waals surface area contributed by atoms with Gasteiger partial charge in [-0.3, -0.25) is 9.78 Å². The van der Waals surface area contributed by atoms with Crippen molar-refractivity contribution < 1.29 is 5.11 Å². The van der Waals surface area contributed by atoms with E-state index in [9.17, 15) is 4.79 Å². The third kappa shape index (κ3) is 2.00. The molecule has 1 aliphatic rings. The third-order valence-electron chi connectivity index (χ3n) is 2.68. The first-order chi connectivity index (χ1) is 7.20. The number of nitrogens with two attached hydrogens (primary N) is 1. The average Bonchev–Trinajstić information content (AvgIpc) is 2.66. The molecule has 6 heteroatoms. The zero-order valence-electron chi connectivity index (χ0n) is 8.23. The van der Waals surface area contributed by atoms with Gasteiger partial charge in [0.2, 0.25) is 0 Å². The first-order valence-electron chi connectivity index (χ1n) is 4.92. The highest BCUT2D eigenvalue weighted by molar-refractivity contribution is 5.20. The molecule has 1 fully saturated rings. The number of aromatic nitrogens is 2. The second-order valence-corrected chi connectivity index (χ2v) is 3.73. The minimum atomic E-state index is -0.210. The Kier molecular flexibility index (Phi) is 2.70. The number of hydrogen-bond donors (Lipinski definition) is 4. The molecule has 0 saturated carbocycles. The molecule has 5 N–H and O–H groups in total. The number of aromatic amines is 1. The van der Waals surface area contributed by atoms with Crippen LogP contribution < -0.4 is 16.6 Å². The Labute approximate surface area is 86.5 Å². The summed E-state index contributed by atoms with van der Waals surface area (Å²) in [5.74, 6) is 0.125. The van der Waals surface area contributed by atoms with Crippen LogP contribution in [0.5, 0.6) is 0 Å². The maximum Gasteiger partial charge on any atom is 0.257 e. The highest BCUT2D eigenvalue weighted by Gasteiger charge is 2.26. The monoisotopic (exact) mass is 210 g/mol. The molecule has 1 aromatic heterocycles. The number of hydrogen-bond acceptors (Lipinski definition) is 5. The standard InChI is InChI=1S/C9H14N4O2/c10-9-11-3-6(8(15)13-9)7-2-1-5(4-14)12-7/h3,5,7,12,14H,1-2,4H2,(H3,10,11,13,15). The minimum Gasteiger partial charge on any atom is -0.395 e. The lowest BCUT2D eigenvalue weighted by atomic mass is 10.1. The van der Waals surface area contributed by atoms with E-state index < -0.39 is 0 Å². The van der Waals surface area contributed by atoms with Crippen molar-refractivity contribution >= 4 is 5.95 Å². The summed E-state index contributed by atoms with van der Waals surface area (Å²) in [5.41, 5.74) is 5.73. The number of rotatable bonds is 2. The van der Waals surface area contributed by atoms with E-state index in [1.54, 1.807) is 0 Å². The van der Waals surface area contributed by atoms with Gasteiger partial charge in [-0.25, -0.2) is 4.98 Å². The van der Waals surface area contributed by atoms with Gasteiger partial charge >= 0.3 is 0 Å². The highest BCUT2D eigenvalue weighted by atomic mass is 16.3. The van der Waals surface area contributed by atoms with Crippen LogP contribution in [0, 0.1) is 0 Å². The SMILES string of the molecule is Nc1ncc(C2CCC(CO)N2)c(=O)[nH]1. The van der Waals surface area contributed by atoms with Crippen molar-refractivity contribution in [3.8, 4) is 0 Å². The van der Waals surface area contributed by atoms with Gasteiger partial charge in [0.15, 0.2) is 5.95 Å². The van der Waals surface area contributed by atoms with Gasteiger partial charge < -0.3 is 16.2 Å². The number of anilines is 1. The zero-order chi connectivity index (χ0) is 10.8. The number of H-pyrrole nitrogens is 1. The molecule has 0 spiro atoms. The summed E-state index contributed by atoms with van der Waals surface area (Å²) >= 11 is 0. The summed E-state index contributed by atoms with van der Waals surface area (Å²) in [5, 5.41) is 12.1. The lowest BCUT2D eigenvalue weighted by Crippen LogP contribution is -2.30. The number of nitrogens with zero attached hydrogens (tertiary/aromatic N) is 1. The summed E-state index contributed by atoms with van der Waals surface area (Å²) in [6, 6.07) is 0.0472. The average molecular weight is 210 g/mol. The first-order valence-corrected chi connectivity index (χ1v) is 4.92. The Morgan fingerprint density at radius 2 is 2.40 bits per heavy atom. The van der Waals surface area contributed by atoms with Crippen LogP contribution in [-0.2, 0) is 0 Å². The Hall–Kier alpha value is -1.40. The van der Waals surface area contributed by atoms with Crippen molar-refractivity contribution in [2.45, 2.75) is 24.9 Å². The Bertz CT molecular complexity index is 403. The van der Waals surface area contributed by atoms with Gasteiger partial charge in [-0.05, 0) is 12.8 Å². The molecule has 1 aromatic rings. The predicted molar refractivity (Wildman–Crippen MR) is 55.3 cm³/mol. The van der Waals surface area contributed by atoms with Crippen LogP contribution in [-0.4, -0.2) is 27.7 Å². The van der Waals surface area contributed by atoms with Crippen LogP contribution in [0.4, 0.5) is 5.95 Å². The molecule has 0 aromatic carbocycles. The predicted octanol–water partition coefficient (Wildman–Crippen LogP) is -0.863. The van der Waals surface area contributed by atoms with Crippen molar-refractivity contribution in [3.63, 3.8) is 0 Å². The third-order valence-corrected chi connectivity index (χ3v) is 2.68. The summed E-state index contributed by atoms with van der Waals surface area (Å²) in [6.07, 6.45) is 3.19. The second kappa shape index (κ2) is 4.00. The van der Waals surface area contributed by atoms with E-state index in [1.165, 1.54) is 6.20 Å². The summed E-state index contributed by atoms with van der Waals surface area (Å²) < 4.78 is 0. The molecule has 0 aliphatic carbocycles. The molecule has 1 aliphatic heterocycles. The normalized spacial score (nSPS) is 25.7. The van der Waals surface area contributed by atoms with Crippen LogP contribution in [0.15, 0.2) is 11.0 Å². The fraction of sp³-hybridized carbons (Fsp3) is 0.556. The van der Waals surface area contributed by atoms with Crippen LogP contribution in [0.2, 0.25) is 0 Å². The van der Waals surface area contributed by atoms with E-state index in [4.69, 9.17) is 10.8 Å². The topological polar surface area (TPSA) is 104 Å². The van der Waals surface area contributed by atoms with Gasteiger partial charge in [-0.2, -0.15) is 0 Å². The quantitative estimate of drug-likeness (QED) is 0.508. The van der Waals surface area contributed by atoms with E-state index in [1.807, 2.05) is 0 Å². The van der Waals surface area contributed by atoms with Gasteiger partial charge in [-0.15, -0.1) is 0 Å². The lowest BCUT2D eigenvalue weighted by molar-refractivity contribution is 0.251. The van der Waals surface area contributed by atoms with Crippen LogP contribution in [0.1, 0.15) is 24.4 Å². The Morgan fingerprint density at radius 1 is 1.60 bits per heavy atom. The molecule has 2 rings (SSSR count). The first kappa shape index (κ1) is 10.1. The van der Waals surface area contributed by atoms with Gasteiger partial charge in [0, 0.05) is 18.3 Å². The molecule has 0 bridgehead atoms. The van der Waals surface area contributed by atoms with Crippen LogP contribution in [0.25, 0.3) is 0 Å². The second-order valence-electron chi connectivity index (χ2n) is 3.73. The molecule has 6 nitrogen and oxygen atoms in total. The van der Waals surface area contributed by atoms with Gasteiger partial charge in [-0.1, -0.05) is 0 Å². The van der Waals surface area contributed by atoms with E-state index in [-0.39, 0.29) is 30.2 Å². The van der Waals surface area contributed by atoms with Crippen molar-refractivity contribution in [3.05, 3.63) is 22.1 Å². The van der Waals surface area contributed by atoms with E-state index >= 15 is 0 Å². The largest absolute Gasteiger partial charge is 0.395 e. The van der Waals surface area contributed by atoms with E-state index in [0.29, 0.717) is 5.56 Å². The van der Waals surface area contributed by atoms with Crippen LogP contribution >= 0.6 is 0 Å². The maximum absolute atomic E-state index is 11.5. The molecule has 0 radical (unpaired) electrons. The molecule has 2 heterocycles. The number of aliphatic hydroxyl groups excluding tert-OH is 1. The van der Waals surface area contributed by atoms with Gasteiger partial charge in [0.05, 0.1) is 12.2 Å². The lowest BCUT2D eigenvalue weighted by Gasteiger charge is -2.11. The summed E-state index contributed by atoms with van der Waals surface area (Å²) in [4.78, 5) is 17.9. The minimum absolute atomic E-state index is 0.0287. The van der Waals surface area contributed by atoms with Crippen molar-refractivity contribution in [1.82, 2.24) is 15.3 Å². The molecule has 2 atom stereocenters. The van der Waals surface area contributed by atoms with E-state index in [2.05, 4.69) is 15.3 Å². The Morgan fingerprint density at radius 3 is 3.00 bits per heavy atom. The highest BCUT2D eigenvalue weighted by Crippen LogP contribution is 2.23. The molecule has 15 heavy (non-hydrogen) atoms. The molecule has 82 valence electrons. The number of nitrogens with one attached hydrogen (secondary N) is 2. The molecule has 1 saturated heterocycles. The fourth-order valence-corrected chi connectivity index (χ4v) is 1.88. The Balaban J connectivity index is 2.20. The van der Waals surface area contributed by atoms with Gasteiger partial charge in [0.25, 0.3) is 5.56 Å². The zero-order valence-corrected chi connectivity index (χ0v) is 8.23. The molecular formula is C9H14N4O2. The van der Waals surface area contributed by atoms with Crippen molar-refractivity contribution in [1.29, 1.82) is 0 Å².